The predicted octanol–water partition coefficient (Wildman–Crippen LogP) is -1.49. The van der Waals surface area contributed by atoms with Crippen molar-refractivity contribution < 1.29 is 34.2 Å². The number of carboxylic acids is 2. The van der Waals surface area contributed by atoms with E-state index in [-0.39, 0.29) is 19.3 Å². The van der Waals surface area contributed by atoms with Crippen LogP contribution in [0.4, 0.5) is 0 Å². The summed E-state index contributed by atoms with van der Waals surface area (Å²) in [6, 6.07) is -4.20. The second-order valence-corrected chi connectivity index (χ2v) is 7.17. The average molecular weight is 420 g/mol. The van der Waals surface area contributed by atoms with Crippen molar-refractivity contribution in [3.63, 3.8) is 0 Å². The zero-order valence-corrected chi connectivity index (χ0v) is 16.9. The minimum Gasteiger partial charge on any atom is -0.481 e. The molecule has 0 saturated carbocycles. The van der Waals surface area contributed by atoms with Crippen LogP contribution in [0.15, 0.2) is 0 Å². The van der Waals surface area contributed by atoms with Crippen LogP contribution in [-0.2, 0) is 24.0 Å². The summed E-state index contributed by atoms with van der Waals surface area (Å²) in [4.78, 5) is 57.9. The van der Waals surface area contributed by atoms with E-state index in [1.807, 2.05) is 6.26 Å². The number of hydrogen-bond acceptors (Lipinski definition) is 7. The Bertz CT molecular complexity index is 587. The number of rotatable bonds is 13. The highest BCUT2D eigenvalue weighted by Crippen LogP contribution is 2.03. The lowest BCUT2D eigenvalue weighted by Gasteiger charge is -2.22. The molecule has 11 nitrogen and oxygen atoms in total. The van der Waals surface area contributed by atoms with Crippen LogP contribution in [0.2, 0.25) is 0 Å². The fraction of sp³-hybridized carbons (Fsp3) is 0.688. The molecular formula is C16H28N4O7S. The van der Waals surface area contributed by atoms with Crippen molar-refractivity contribution in [3.05, 3.63) is 0 Å². The Morgan fingerprint density at radius 2 is 1.46 bits per heavy atom. The van der Waals surface area contributed by atoms with Crippen LogP contribution in [0.1, 0.15) is 33.1 Å². The molecule has 4 unspecified atom stereocenters. The third-order valence-corrected chi connectivity index (χ3v) is 4.37. The first-order valence-corrected chi connectivity index (χ1v) is 9.99. The fourth-order valence-electron chi connectivity index (χ4n) is 1.97. The summed E-state index contributed by atoms with van der Waals surface area (Å²) in [6.45, 7) is 2.69. The largest absolute Gasteiger partial charge is 0.481 e. The van der Waals surface area contributed by atoms with E-state index in [4.69, 9.17) is 15.9 Å². The van der Waals surface area contributed by atoms with Crippen LogP contribution in [0.3, 0.4) is 0 Å². The van der Waals surface area contributed by atoms with E-state index < -0.39 is 53.8 Å². The van der Waals surface area contributed by atoms with Crippen LogP contribution < -0.4 is 21.7 Å². The van der Waals surface area contributed by atoms with Gasteiger partial charge in [-0.3, -0.25) is 24.0 Å². The van der Waals surface area contributed by atoms with Crippen molar-refractivity contribution in [1.29, 1.82) is 0 Å². The quantitative estimate of drug-likeness (QED) is 0.206. The maximum absolute atomic E-state index is 12.3. The molecule has 7 N–H and O–H groups in total. The summed E-state index contributed by atoms with van der Waals surface area (Å²) in [6.07, 6.45) is 1.72. The van der Waals surface area contributed by atoms with Crippen LogP contribution in [0.25, 0.3) is 0 Å². The first kappa shape index (κ1) is 25.7. The molecule has 0 aliphatic rings. The summed E-state index contributed by atoms with van der Waals surface area (Å²) in [5.41, 5.74) is 5.58. The monoisotopic (exact) mass is 420 g/mol. The minimum absolute atomic E-state index is 0.0820. The van der Waals surface area contributed by atoms with E-state index in [0.29, 0.717) is 5.75 Å². The van der Waals surface area contributed by atoms with Gasteiger partial charge in [0.1, 0.15) is 18.1 Å². The van der Waals surface area contributed by atoms with Crippen LogP contribution in [-0.4, -0.2) is 76.0 Å². The average Bonchev–Trinajstić information content (AvgIpc) is 2.62. The van der Waals surface area contributed by atoms with Crippen molar-refractivity contribution in [2.24, 2.45) is 5.73 Å². The van der Waals surface area contributed by atoms with Gasteiger partial charge in [-0.25, -0.2) is 0 Å². The van der Waals surface area contributed by atoms with Gasteiger partial charge < -0.3 is 31.9 Å². The predicted molar refractivity (Wildman–Crippen MR) is 103 cm³/mol. The van der Waals surface area contributed by atoms with Gasteiger partial charge in [0, 0.05) is 6.42 Å². The highest BCUT2D eigenvalue weighted by molar-refractivity contribution is 7.98. The summed E-state index contributed by atoms with van der Waals surface area (Å²) in [5, 5.41) is 24.6. The van der Waals surface area contributed by atoms with Gasteiger partial charge in [0.25, 0.3) is 0 Å². The molecule has 0 aromatic rings. The zero-order valence-electron chi connectivity index (χ0n) is 16.1. The Morgan fingerprint density at radius 1 is 0.893 bits per heavy atom. The van der Waals surface area contributed by atoms with E-state index in [9.17, 15) is 24.0 Å². The number of hydrogen-bond donors (Lipinski definition) is 6. The van der Waals surface area contributed by atoms with Gasteiger partial charge in [-0.15, -0.1) is 0 Å². The summed E-state index contributed by atoms with van der Waals surface area (Å²) in [5.74, 6) is -3.74. The fourth-order valence-corrected chi connectivity index (χ4v) is 2.44. The molecule has 0 bridgehead atoms. The topological polar surface area (TPSA) is 188 Å². The van der Waals surface area contributed by atoms with Gasteiger partial charge in [0.15, 0.2) is 0 Å². The first-order valence-electron chi connectivity index (χ1n) is 8.59. The summed E-state index contributed by atoms with van der Waals surface area (Å²) in [7, 11) is 0. The minimum atomic E-state index is -1.21. The molecule has 3 amide bonds. The lowest BCUT2D eigenvalue weighted by molar-refractivity contribution is -0.142. The SMILES string of the molecule is CSCCC(NC(=O)C(C)NC(=O)C(N)CCC(=O)O)C(=O)NC(C)C(=O)O. The first-order chi connectivity index (χ1) is 13.0. The molecule has 0 aliphatic carbocycles. The van der Waals surface area contributed by atoms with Crippen LogP contribution in [0.5, 0.6) is 0 Å². The molecule has 0 rings (SSSR count). The number of thioether (sulfide) groups is 1. The second-order valence-electron chi connectivity index (χ2n) is 6.18. The summed E-state index contributed by atoms with van der Waals surface area (Å²) >= 11 is 1.45. The van der Waals surface area contributed by atoms with Crippen LogP contribution in [0, 0.1) is 0 Å². The normalized spacial score (nSPS) is 14.9. The number of aliphatic carboxylic acids is 2. The Kier molecular flexibility index (Phi) is 11.9. The molecule has 0 radical (unpaired) electrons. The molecule has 0 spiro atoms. The third-order valence-electron chi connectivity index (χ3n) is 3.73. The van der Waals surface area contributed by atoms with Crippen molar-refractivity contribution in [2.75, 3.05) is 12.0 Å². The lowest BCUT2D eigenvalue weighted by atomic mass is 10.1. The number of carboxylic acid groups (broad SMARTS) is 2. The van der Waals surface area contributed by atoms with E-state index in [1.165, 1.54) is 25.6 Å². The van der Waals surface area contributed by atoms with E-state index in [1.54, 1.807) is 0 Å². The van der Waals surface area contributed by atoms with Gasteiger partial charge >= 0.3 is 11.9 Å². The molecular weight excluding hydrogens is 392 g/mol. The molecule has 0 fully saturated rings. The molecule has 160 valence electrons. The number of nitrogens with one attached hydrogen (secondary N) is 3. The molecule has 12 heteroatoms. The van der Waals surface area contributed by atoms with Crippen LogP contribution >= 0.6 is 11.8 Å². The summed E-state index contributed by atoms with van der Waals surface area (Å²) < 4.78 is 0. The Labute approximate surface area is 167 Å². The number of carbonyl (C=O) groups is 5. The zero-order chi connectivity index (χ0) is 21.9. The van der Waals surface area contributed by atoms with Crippen molar-refractivity contribution >= 4 is 41.4 Å². The van der Waals surface area contributed by atoms with Gasteiger partial charge in [-0.05, 0) is 38.7 Å². The van der Waals surface area contributed by atoms with Gasteiger partial charge in [0.2, 0.25) is 17.7 Å². The lowest BCUT2D eigenvalue weighted by Crippen LogP contribution is -2.56. The molecule has 4 atom stereocenters. The van der Waals surface area contributed by atoms with Crippen molar-refractivity contribution in [1.82, 2.24) is 16.0 Å². The third kappa shape index (κ3) is 10.1. The van der Waals surface area contributed by atoms with E-state index in [0.717, 1.165) is 0 Å². The Morgan fingerprint density at radius 3 is 1.96 bits per heavy atom. The highest BCUT2D eigenvalue weighted by atomic mass is 32.2. The highest BCUT2D eigenvalue weighted by Gasteiger charge is 2.27. The van der Waals surface area contributed by atoms with Crippen molar-refractivity contribution in [3.8, 4) is 0 Å². The Balaban J connectivity index is 4.81. The Hall–Kier alpha value is -2.34. The van der Waals surface area contributed by atoms with E-state index in [2.05, 4.69) is 16.0 Å². The van der Waals surface area contributed by atoms with Gasteiger partial charge in [0.05, 0.1) is 6.04 Å². The molecule has 0 aromatic heterocycles. The smallest absolute Gasteiger partial charge is 0.325 e. The maximum Gasteiger partial charge on any atom is 0.325 e. The molecule has 0 saturated heterocycles. The standard InChI is InChI=1S/C16H28N4O7S/c1-8(18-14(24)10(17)4-5-12(21)22)13(23)20-11(6-7-28-3)15(25)19-9(2)16(26)27/h8-11H,4-7,17H2,1-3H3,(H,18,24)(H,19,25)(H,20,23)(H,21,22)(H,26,27). The number of carbonyl (C=O) groups excluding carboxylic acids is 3. The second kappa shape index (κ2) is 12.9. The van der Waals surface area contributed by atoms with E-state index >= 15 is 0 Å². The number of nitrogens with two attached hydrogens (primary N) is 1. The van der Waals surface area contributed by atoms with Gasteiger partial charge in [-0.2, -0.15) is 11.8 Å². The maximum atomic E-state index is 12.3. The van der Waals surface area contributed by atoms with Crippen molar-refractivity contribution in [2.45, 2.75) is 57.3 Å². The molecule has 0 aliphatic heterocycles. The van der Waals surface area contributed by atoms with Gasteiger partial charge in [-0.1, -0.05) is 0 Å². The molecule has 0 aromatic carbocycles. The molecule has 0 heterocycles. The number of amides is 3. The molecule has 28 heavy (non-hydrogen) atoms.